The van der Waals surface area contributed by atoms with E-state index < -0.39 is 0 Å². The van der Waals surface area contributed by atoms with Crippen molar-refractivity contribution in [3.63, 3.8) is 0 Å². The minimum Gasteiger partial charge on any atom is -0.356 e. The number of nitrogens with one attached hydrogen (secondary N) is 1. The molecule has 0 spiro atoms. The summed E-state index contributed by atoms with van der Waals surface area (Å²) < 4.78 is 0. The van der Waals surface area contributed by atoms with Crippen LogP contribution in [0.1, 0.15) is 65.2 Å². The van der Waals surface area contributed by atoms with Gasteiger partial charge in [0.25, 0.3) is 0 Å². The zero-order chi connectivity index (χ0) is 13.9. The minimum absolute atomic E-state index is 0.0160. The maximum absolute atomic E-state index is 12.3. The predicted octanol–water partition coefficient (Wildman–Crippen LogP) is 2.84. The van der Waals surface area contributed by atoms with Crippen LogP contribution in [0.4, 0.5) is 0 Å². The minimum atomic E-state index is -0.303. The highest BCUT2D eigenvalue weighted by molar-refractivity contribution is 5.80. The zero-order valence-electron chi connectivity index (χ0n) is 12.6. The molecule has 2 aliphatic carbocycles. The van der Waals surface area contributed by atoms with E-state index >= 15 is 0 Å². The lowest BCUT2D eigenvalue weighted by molar-refractivity contribution is -0.128. The van der Waals surface area contributed by atoms with Crippen molar-refractivity contribution < 1.29 is 4.79 Å². The lowest BCUT2D eigenvalue weighted by atomic mass is 9.74. The quantitative estimate of drug-likeness (QED) is 0.825. The number of hydrogen-bond donors (Lipinski definition) is 2. The van der Waals surface area contributed by atoms with Gasteiger partial charge in [-0.25, -0.2) is 0 Å². The van der Waals surface area contributed by atoms with Crippen LogP contribution in [0, 0.1) is 17.8 Å². The first-order chi connectivity index (χ1) is 8.99. The van der Waals surface area contributed by atoms with Gasteiger partial charge in [0, 0.05) is 12.1 Å². The van der Waals surface area contributed by atoms with Crippen LogP contribution in [0.2, 0.25) is 0 Å². The Kier molecular flexibility index (Phi) is 4.88. The maximum atomic E-state index is 12.3. The van der Waals surface area contributed by atoms with E-state index in [1.54, 1.807) is 0 Å². The molecule has 0 aromatic carbocycles. The number of rotatable bonds is 3. The normalized spacial score (nSPS) is 39.8. The van der Waals surface area contributed by atoms with Crippen LogP contribution in [0.3, 0.4) is 0 Å². The second-order valence-electron chi connectivity index (χ2n) is 7.19. The van der Waals surface area contributed by atoms with Gasteiger partial charge in [-0.3, -0.25) is 4.79 Å². The molecule has 2 saturated carbocycles. The molecule has 0 saturated heterocycles. The Morgan fingerprint density at radius 3 is 2.74 bits per heavy atom. The molecule has 0 aromatic heterocycles. The van der Waals surface area contributed by atoms with Crippen molar-refractivity contribution in [1.82, 2.24) is 5.32 Å². The molecule has 19 heavy (non-hydrogen) atoms. The fourth-order valence-electron chi connectivity index (χ4n) is 3.90. The van der Waals surface area contributed by atoms with Gasteiger partial charge in [0.2, 0.25) is 5.91 Å². The lowest BCUT2D eigenvalue weighted by Gasteiger charge is -2.37. The van der Waals surface area contributed by atoms with Crippen LogP contribution in [0.5, 0.6) is 0 Å². The summed E-state index contributed by atoms with van der Waals surface area (Å²) in [6.45, 7) is 5.22. The van der Waals surface area contributed by atoms with E-state index in [-0.39, 0.29) is 17.4 Å². The van der Waals surface area contributed by atoms with Crippen molar-refractivity contribution in [2.45, 2.75) is 70.8 Å². The largest absolute Gasteiger partial charge is 0.356 e. The first kappa shape index (κ1) is 14.8. The summed E-state index contributed by atoms with van der Waals surface area (Å²) in [5.74, 6) is 1.72. The van der Waals surface area contributed by atoms with Crippen molar-refractivity contribution in [3.05, 3.63) is 0 Å². The van der Waals surface area contributed by atoms with Crippen LogP contribution in [-0.4, -0.2) is 18.0 Å². The Bertz CT molecular complexity index is 314. The van der Waals surface area contributed by atoms with Crippen molar-refractivity contribution in [2.24, 2.45) is 23.5 Å². The van der Waals surface area contributed by atoms with Crippen LogP contribution in [0.15, 0.2) is 0 Å². The molecule has 0 heterocycles. The Morgan fingerprint density at radius 1 is 1.26 bits per heavy atom. The van der Waals surface area contributed by atoms with Crippen LogP contribution in [-0.2, 0) is 4.79 Å². The van der Waals surface area contributed by atoms with Gasteiger partial charge in [0.05, 0.1) is 5.92 Å². The summed E-state index contributed by atoms with van der Waals surface area (Å²) in [7, 11) is 0. The van der Waals surface area contributed by atoms with Gasteiger partial charge in [-0.1, -0.05) is 32.6 Å². The molecule has 0 aromatic rings. The summed E-state index contributed by atoms with van der Waals surface area (Å²) in [4.78, 5) is 12.3. The smallest absolute Gasteiger partial charge is 0.224 e. The van der Waals surface area contributed by atoms with E-state index in [9.17, 15) is 4.79 Å². The molecule has 2 aliphatic rings. The fourth-order valence-corrected chi connectivity index (χ4v) is 3.90. The average Bonchev–Trinajstić information content (AvgIpc) is 2.35. The molecule has 4 atom stereocenters. The Hall–Kier alpha value is -0.570. The molecule has 3 N–H and O–H groups in total. The number of carbonyl (C=O) groups is 1. The summed E-state index contributed by atoms with van der Waals surface area (Å²) in [5.41, 5.74) is 5.99. The molecule has 0 radical (unpaired) electrons. The Labute approximate surface area is 117 Å². The van der Waals surface area contributed by atoms with Gasteiger partial charge in [-0.05, 0) is 44.4 Å². The topological polar surface area (TPSA) is 55.1 Å². The van der Waals surface area contributed by atoms with Gasteiger partial charge in [-0.15, -0.1) is 0 Å². The molecular weight excluding hydrogens is 236 g/mol. The van der Waals surface area contributed by atoms with Crippen molar-refractivity contribution >= 4 is 5.91 Å². The molecule has 0 bridgehead atoms. The highest BCUT2D eigenvalue weighted by atomic mass is 16.1. The third-order valence-electron chi connectivity index (χ3n) is 5.18. The third-order valence-corrected chi connectivity index (χ3v) is 5.18. The van der Waals surface area contributed by atoms with Crippen LogP contribution >= 0.6 is 0 Å². The SMILES string of the molecule is CC1CCCC(CNC(=O)C2CCCCC2(C)N)C1. The molecule has 3 nitrogen and oxygen atoms in total. The number of nitrogens with two attached hydrogens (primary N) is 1. The maximum Gasteiger partial charge on any atom is 0.224 e. The summed E-state index contributed by atoms with van der Waals surface area (Å²) in [6, 6.07) is 0. The van der Waals surface area contributed by atoms with Gasteiger partial charge in [0.15, 0.2) is 0 Å². The molecule has 2 fully saturated rings. The monoisotopic (exact) mass is 266 g/mol. The molecule has 4 unspecified atom stereocenters. The second kappa shape index (κ2) is 6.25. The van der Waals surface area contributed by atoms with E-state index in [2.05, 4.69) is 12.2 Å². The van der Waals surface area contributed by atoms with Crippen LogP contribution < -0.4 is 11.1 Å². The second-order valence-corrected chi connectivity index (χ2v) is 7.19. The first-order valence-corrected chi connectivity index (χ1v) is 8.05. The third kappa shape index (κ3) is 3.95. The summed E-state index contributed by atoms with van der Waals surface area (Å²) in [5, 5.41) is 3.18. The lowest BCUT2D eigenvalue weighted by Crippen LogP contribution is -2.53. The zero-order valence-corrected chi connectivity index (χ0v) is 12.6. The average molecular weight is 266 g/mol. The highest BCUT2D eigenvalue weighted by Gasteiger charge is 2.37. The molecule has 0 aliphatic heterocycles. The van der Waals surface area contributed by atoms with Crippen molar-refractivity contribution in [2.75, 3.05) is 6.54 Å². The van der Waals surface area contributed by atoms with Gasteiger partial charge in [0.1, 0.15) is 0 Å². The Morgan fingerprint density at radius 2 is 2.05 bits per heavy atom. The first-order valence-electron chi connectivity index (χ1n) is 8.05. The van der Waals surface area contributed by atoms with E-state index in [1.165, 1.54) is 25.7 Å². The molecule has 1 amide bonds. The Balaban J connectivity index is 1.80. The highest BCUT2D eigenvalue weighted by Crippen LogP contribution is 2.32. The van der Waals surface area contributed by atoms with Gasteiger partial charge in [-0.2, -0.15) is 0 Å². The summed E-state index contributed by atoms with van der Waals surface area (Å²) >= 11 is 0. The fraction of sp³-hybridized carbons (Fsp3) is 0.938. The van der Waals surface area contributed by atoms with E-state index in [4.69, 9.17) is 5.73 Å². The van der Waals surface area contributed by atoms with Crippen molar-refractivity contribution in [1.29, 1.82) is 0 Å². The van der Waals surface area contributed by atoms with Gasteiger partial charge >= 0.3 is 0 Å². The van der Waals surface area contributed by atoms with Gasteiger partial charge < -0.3 is 11.1 Å². The predicted molar refractivity (Wildman–Crippen MR) is 78.7 cm³/mol. The number of amides is 1. The summed E-state index contributed by atoms with van der Waals surface area (Å²) in [6.07, 6.45) is 9.46. The van der Waals surface area contributed by atoms with Crippen LogP contribution in [0.25, 0.3) is 0 Å². The molecule has 2 rings (SSSR count). The number of carbonyl (C=O) groups excluding carboxylic acids is 1. The molecule has 3 heteroatoms. The van der Waals surface area contributed by atoms with E-state index in [0.29, 0.717) is 5.92 Å². The molecular formula is C16H30N2O. The van der Waals surface area contributed by atoms with Crippen molar-refractivity contribution in [3.8, 4) is 0 Å². The molecule has 110 valence electrons. The van der Waals surface area contributed by atoms with E-state index in [0.717, 1.165) is 38.1 Å². The standard InChI is InChI=1S/C16H30N2O/c1-12-6-5-7-13(10-12)11-18-15(19)14-8-3-4-9-16(14,2)17/h12-14H,3-11,17H2,1-2H3,(H,18,19). The number of hydrogen-bond acceptors (Lipinski definition) is 2. The van der Waals surface area contributed by atoms with E-state index in [1.807, 2.05) is 6.92 Å².